The Morgan fingerprint density at radius 1 is 1.11 bits per heavy atom. The Labute approximate surface area is 115 Å². The van der Waals surface area contributed by atoms with Crippen molar-refractivity contribution in [2.24, 2.45) is 0 Å². The number of hydrogen-bond acceptors (Lipinski definition) is 2. The molecule has 1 fully saturated rings. The van der Waals surface area contributed by atoms with Gasteiger partial charge in [-0.05, 0) is 32.6 Å². The van der Waals surface area contributed by atoms with Crippen LogP contribution >= 0.6 is 0 Å². The highest BCUT2D eigenvalue weighted by atomic mass is 16.4. The smallest absolute Gasteiger partial charge is 0.315 e. The quantitative estimate of drug-likeness (QED) is 0.622. The van der Waals surface area contributed by atoms with Gasteiger partial charge in [-0.1, -0.05) is 25.7 Å². The summed E-state index contributed by atoms with van der Waals surface area (Å²) in [4.78, 5) is 22.1. The highest BCUT2D eigenvalue weighted by Crippen LogP contribution is 2.27. The second-order valence-corrected chi connectivity index (χ2v) is 5.71. The number of carbonyl (C=O) groups excluding carboxylic acids is 1. The second kappa shape index (κ2) is 8.02. The van der Waals surface area contributed by atoms with Gasteiger partial charge in [0.25, 0.3) is 0 Å². The molecule has 0 heterocycles. The van der Waals surface area contributed by atoms with Gasteiger partial charge in [0.05, 0.1) is 0 Å². The first kappa shape index (κ1) is 15.8. The van der Waals surface area contributed by atoms with Gasteiger partial charge in [0.15, 0.2) is 0 Å². The minimum absolute atomic E-state index is 0.0500. The van der Waals surface area contributed by atoms with Crippen LogP contribution in [0.1, 0.15) is 64.7 Å². The van der Waals surface area contributed by atoms with E-state index in [4.69, 9.17) is 5.11 Å². The van der Waals surface area contributed by atoms with Crippen molar-refractivity contribution in [3.8, 4) is 0 Å². The zero-order valence-corrected chi connectivity index (χ0v) is 11.8. The zero-order chi connectivity index (χ0) is 14.1. The van der Waals surface area contributed by atoms with E-state index in [2.05, 4.69) is 17.6 Å². The van der Waals surface area contributed by atoms with Crippen LogP contribution in [-0.4, -0.2) is 29.2 Å². The number of rotatable bonds is 7. The van der Waals surface area contributed by atoms with Crippen LogP contribution in [0, 0.1) is 0 Å². The molecular weight excluding hydrogens is 244 g/mol. The van der Waals surface area contributed by atoms with E-state index in [1.807, 2.05) is 0 Å². The molecule has 0 aromatic heterocycles. The Kier molecular flexibility index (Phi) is 6.67. The lowest BCUT2D eigenvalue weighted by Gasteiger charge is -2.34. The van der Waals surface area contributed by atoms with Gasteiger partial charge in [-0.15, -0.1) is 0 Å². The van der Waals surface area contributed by atoms with Crippen molar-refractivity contribution < 1.29 is 14.7 Å². The van der Waals surface area contributed by atoms with Gasteiger partial charge in [-0.25, -0.2) is 4.79 Å². The summed E-state index contributed by atoms with van der Waals surface area (Å²) in [6.07, 6.45) is 8.31. The summed E-state index contributed by atoms with van der Waals surface area (Å²) in [6.45, 7) is 2.72. The number of aliphatic carboxylic acids is 1. The van der Waals surface area contributed by atoms with E-state index in [0.717, 1.165) is 25.7 Å². The maximum Gasteiger partial charge on any atom is 0.315 e. The number of amides is 2. The summed E-state index contributed by atoms with van der Waals surface area (Å²) in [5.74, 6) is -0.754. The SMILES string of the molecule is CC1(NC(=O)NCCCCCC(=O)O)CCCCC1. The molecule has 1 rings (SSSR count). The molecule has 0 aromatic carbocycles. The lowest BCUT2D eigenvalue weighted by molar-refractivity contribution is -0.137. The van der Waals surface area contributed by atoms with E-state index in [1.54, 1.807) is 0 Å². The predicted molar refractivity (Wildman–Crippen MR) is 74.1 cm³/mol. The van der Waals surface area contributed by atoms with Gasteiger partial charge >= 0.3 is 12.0 Å². The summed E-state index contributed by atoms with van der Waals surface area (Å²) in [5, 5.41) is 14.4. The number of unbranched alkanes of at least 4 members (excludes halogenated alkanes) is 2. The Balaban J connectivity index is 2.06. The summed E-state index contributed by atoms with van der Waals surface area (Å²) < 4.78 is 0. The number of hydrogen-bond donors (Lipinski definition) is 3. The Hall–Kier alpha value is -1.26. The number of carbonyl (C=O) groups is 2. The predicted octanol–water partition coefficient (Wildman–Crippen LogP) is 2.65. The van der Waals surface area contributed by atoms with Crippen molar-refractivity contribution in [2.75, 3.05) is 6.54 Å². The molecule has 5 heteroatoms. The molecule has 1 saturated carbocycles. The standard InChI is InChI=1S/C14H26N2O3/c1-14(9-5-3-6-10-14)16-13(19)15-11-7-2-4-8-12(17)18/h2-11H2,1H3,(H,17,18)(H2,15,16,19). The van der Waals surface area contributed by atoms with Gasteiger partial charge in [0.2, 0.25) is 0 Å². The van der Waals surface area contributed by atoms with Crippen molar-refractivity contribution >= 4 is 12.0 Å². The molecule has 110 valence electrons. The third-order valence-corrected chi connectivity index (χ3v) is 3.73. The Morgan fingerprint density at radius 2 is 1.79 bits per heavy atom. The largest absolute Gasteiger partial charge is 0.481 e. The molecule has 0 radical (unpaired) electrons. The lowest BCUT2D eigenvalue weighted by Crippen LogP contribution is -2.51. The average molecular weight is 270 g/mol. The summed E-state index contributed by atoms with van der Waals surface area (Å²) in [6, 6.07) is -0.0948. The first-order valence-electron chi connectivity index (χ1n) is 7.30. The molecule has 0 atom stereocenters. The summed E-state index contributed by atoms with van der Waals surface area (Å²) >= 11 is 0. The molecule has 1 aliphatic carbocycles. The molecule has 3 N–H and O–H groups in total. The first-order chi connectivity index (χ1) is 9.02. The topological polar surface area (TPSA) is 78.4 Å². The molecular formula is C14H26N2O3. The van der Waals surface area contributed by atoms with Crippen molar-refractivity contribution in [1.29, 1.82) is 0 Å². The highest BCUT2D eigenvalue weighted by molar-refractivity contribution is 5.74. The molecule has 0 unspecified atom stereocenters. The summed E-state index contributed by atoms with van der Waals surface area (Å²) in [7, 11) is 0. The molecule has 0 aromatic rings. The van der Waals surface area contributed by atoms with Crippen LogP contribution in [-0.2, 0) is 4.79 Å². The number of urea groups is 1. The van der Waals surface area contributed by atoms with E-state index < -0.39 is 5.97 Å². The lowest BCUT2D eigenvalue weighted by atomic mass is 9.83. The van der Waals surface area contributed by atoms with Crippen LogP contribution in [0.15, 0.2) is 0 Å². The van der Waals surface area contributed by atoms with E-state index in [-0.39, 0.29) is 18.0 Å². The second-order valence-electron chi connectivity index (χ2n) is 5.71. The summed E-state index contributed by atoms with van der Waals surface area (Å²) in [5.41, 5.74) is -0.0500. The van der Waals surface area contributed by atoms with Crippen LogP contribution in [0.5, 0.6) is 0 Å². The molecule has 0 aliphatic heterocycles. The molecule has 19 heavy (non-hydrogen) atoms. The third-order valence-electron chi connectivity index (χ3n) is 3.73. The van der Waals surface area contributed by atoms with Gasteiger partial charge in [0, 0.05) is 18.5 Å². The number of carboxylic acids is 1. The van der Waals surface area contributed by atoms with Crippen LogP contribution in [0.4, 0.5) is 4.79 Å². The molecule has 0 bridgehead atoms. The van der Waals surface area contributed by atoms with Crippen molar-refractivity contribution in [2.45, 2.75) is 70.3 Å². The maximum atomic E-state index is 11.7. The van der Waals surface area contributed by atoms with Crippen molar-refractivity contribution in [1.82, 2.24) is 10.6 Å². The Morgan fingerprint density at radius 3 is 2.42 bits per heavy atom. The number of carboxylic acid groups (broad SMARTS) is 1. The molecule has 0 saturated heterocycles. The van der Waals surface area contributed by atoms with Gasteiger partial charge in [-0.3, -0.25) is 4.79 Å². The van der Waals surface area contributed by atoms with Crippen LogP contribution < -0.4 is 10.6 Å². The minimum atomic E-state index is -0.754. The van der Waals surface area contributed by atoms with E-state index in [0.29, 0.717) is 13.0 Å². The fourth-order valence-electron chi connectivity index (χ4n) is 2.56. The van der Waals surface area contributed by atoms with Crippen LogP contribution in [0.25, 0.3) is 0 Å². The normalized spacial score (nSPS) is 17.7. The van der Waals surface area contributed by atoms with E-state index >= 15 is 0 Å². The zero-order valence-electron chi connectivity index (χ0n) is 11.8. The maximum absolute atomic E-state index is 11.7. The van der Waals surface area contributed by atoms with Crippen molar-refractivity contribution in [3.05, 3.63) is 0 Å². The van der Waals surface area contributed by atoms with Gasteiger partial charge in [-0.2, -0.15) is 0 Å². The average Bonchev–Trinajstić information content (AvgIpc) is 2.33. The molecule has 5 nitrogen and oxygen atoms in total. The van der Waals surface area contributed by atoms with Crippen molar-refractivity contribution in [3.63, 3.8) is 0 Å². The highest BCUT2D eigenvalue weighted by Gasteiger charge is 2.27. The minimum Gasteiger partial charge on any atom is -0.481 e. The third kappa shape index (κ3) is 7.03. The number of nitrogens with one attached hydrogen (secondary N) is 2. The van der Waals surface area contributed by atoms with Gasteiger partial charge in [0.1, 0.15) is 0 Å². The van der Waals surface area contributed by atoms with E-state index in [1.165, 1.54) is 19.3 Å². The van der Waals surface area contributed by atoms with Crippen LogP contribution in [0.3, 0.4) is 0 Å². The fourth-order valence-corrected chi connectivity index (χ4v) is 2.56. The molecule has 0 spiro atoms. The fraction of sp³-hybridized carbons (Fsp3) is 0.857. The van der Waals surface area contributed by atoms with Gasteiger partial charge < -0.3 is 15.7 Å². The Bertz CT molecular complexity index is 299. The van der Waals surface area contributed by atoms with Crippen LogP contribution in [0.2, 0.25) is 0 Å². The first-order valence-corrected chi connectivity index (χ1v) is 7.30. The van der Waals surface area contributed by atoms with E-state index in [9.17, 15) is 9.59 Å². The molecule has 1 aliphatic rings. The monoisotopic (exact) mass is 270 g/mol. The molecule has 2 amide bonds.